The number of hydrogen-bond acceptors (Lipinski definition) is 6. The predicted octanol–water partition coefficient (Wildman–Crippen LogP) is 3.18. The van der Waals surface area contributed by atoms with Crippen LogP contribution in [0.3, 0.4) is 0 Å². The zero-order valence-corrected chi connectivity index (χ0v) is 20.3. The van der Waals surface area contributed by atoms with E-state index in [-0.39, 0.29) is 24.6 Å². The van der Waals surface area contributed by atoms with Crippen LogP contribution in [-0.2, 0) is 16.1 Å². The van der Waals surface area contributed by atoms with Crippen LogP contribution in [0.25, 0.3) is 33.2 Å². The lowest BCUT2D eigenvalue weighted by Crippen LogP contribution is -2.54. The van der Waals surface area contributed by atoms with E-state index in [0.29, 0.717) is 32.5 Å². The van der Waals surface area contributed by atoms with Gasteiger partial charge in [0.1, 0.15) is 12.1 Å². The summed E-state index contributed by atoms with van der Waals surface area (Å²) in [5, 5.41) is 8.10. The summed E-state index contributed by atoms with van der Waals surface area (Å²) in [5.74, 6) is -0.0195. The Labute approximate surface area is 207 Å². The van der Waals surface area contributed by atoms with E-state index < -0.39 is 0 Å². The van der Waals surface area contributed by atoms with Crippen molar-refractivity contribution < 1.29 is 14.3 Å². The topological polar surface area (TPSA) is 108 Å². The van der Waals surface area contributed by atoms with Gasteiger partial charge in [0.15, 0.2) is 0 Å². The van der Waals surface area contributed by atoms with Gasteiger partial charge in [-0.15, -0.1) is 0 Å². The number of urea groups is 1. The number of aromatic nitrogens is 4. The van der Waals surface area contributed by atoms with Gasteiger partial charge >= 0.3 is 6.03 Å². The van der Waals surface area contributed by atoms with Crippen molar-refractivity contribution in [3.63, 3.8) is 0 Å². The Morgan fingerprint density at radius 2 is 2.00 bits per heavy atom. The number of hydrogen-bond donors (Lipinski definition) is 1. The first-order chi connectivity index (χ1) is 17.5. The van der Waals surface area contributed by atoms with E-state index in [0.717, 1.165) is 44.4 Å². The number of methoxy groups -OCH3 is 1. The van der Waals surface area contributed by atoms with Gasteiger partial charge in [0.2, 0.25) is 5.91 Å². The van der Waals surface area contributed by atoms with Crippen LogP contribution in [0.4, 0.5) is 10.5 Å². The van der Waals surface area contributed by atoms with E-state index in [1.807, 2.05) is 47.3 Å². The molecule has 184 valence electrons. The number of rotatable bonds is 4. The monoisotopic (exact) mass is 485 g/mol. The molecule has 0 aliphatic carbocycles. The molecule has 10 nitrogen and oxygen atoms in total. The molecule has 3 amide bonds. The maximum Gasteiger partial charge on any atom is 0.324 e. The number of anilines is 1. The third kappa shape index (κ3) is 3.74. The lowest BCUT2D eigenvalue weighted by molar-refractivity contribution is -0.136. The van der Waals surface area contributed by atoms with Gasteiger partial charge in [-0.1, -0.05) is 6.07 Å². The molecule has 1 saturated heterocycles. The summed E-state index contributed by atoms with van der Waals surface area (Å²) in [7, 11) is 3.33. The number of carbonyl (C=O) groups excluding carboxylic acids is 2. The summed E-state index contributed by atoms with van der Waals surface area (Å²) in [6, 6.07) is 9.90. The minimum absolute atomic E-state index is 0.0195. The number of fused-ring (bicyclic) bond motifs is 4. The molecule has 1 N–H and O–H groups in total. The van der Waals surface area contributed by atoms with Crippen LogP contribution in [0.5, 0.6) is 0 Å². The molecule has 3 aromatic heterocycles. The van der Waals surface area contributed by atoms with Crippen LogP contribution < -0.4 is 4.90 Å². The van der Waals surface area contributed by atoms with E-state index in [9.17, 15) is 9.59 Å². The zero-order valence-electron chi connectivity index (χ0n) is 20.3. The lowest BCUT2D eigenvalue weighted by Gasteiger charge is -2.43. The second-order valence-corrected chi connectivity index (χ2v) is 9.42. The average Bonchev–Trinajstić information content (AvgIpc) is 3.37. The van der Waals surface area contributed by atoms with E-state index in [1.54, 1.807) is 11.1 Å². The van der Waals surface area contributed by atoms with Gasteiger partial charge in [-0.2, -0.15) is 5.10 Å². The van der Waals surface area contributed by atoms with E-state index in [4.69, 9.17) is 9.72 Å². The Bertz CT molecular complexity index is 1480. The average molecular weight is 486 g/mol. The summed E-state index contributed by atoms with van der Waals surface area (Å²) >= 11 is 0. The molecule has 10 heteroatoms. The fourth-order valence-electron chi connectivity index (χ4n) is 5.27. The Kier molecular flexibility index (Phi) is 5.52. The molecule has 5 heterocycles. The third-order valence-electron chi connectivity index (χ3n) is 7.13. The van der Waals surface area contributed by atoms with Crippen molar-refractivity contribution in [1.82, 2.24) is 30.0 Å². The van der Waals surface area contributed by atoms with Gasteiger partial charge in [-0.25, -0.2) is 9.78 Å². The lowest BCUT2D eigenvalue weighted by atomic mass is 9.99. The van der Waals surface area contributed by atoms with Gasteiger partial charge < -0.3 is 14.5 Å². The molecule has 0 spiro atoms. The third-order valence-corrected chi connectivity index (χ3v) is 7.13. The van der Waals surface area contributed by atoms with Crippen LogP contribution in [0.15, 0.2) is 42.7 Å². The van der Waals surface area contributed by atoms with Crippen LogP contribution in [0.2, 0.25) is 0 Å². The summed E-state index contributed by atoms with van der Waals surface area (Å²) in [4.78, 5) is 40.9. The summed E-state index contributed by atoms with van der Waals surface area (Å²) < 4.78 is 5.01. The molecule has 0 saturated carbocycles. The van der Waals surface area contributed by atoms with E-state index in [1.165, 1.54) is 7.11 Å². The molecule has 0 radical (unpaired) electrons. The number of ether oxygens (including phenoxy) is 1. The standard InChI is InChI=1S/C26H27N7O3/c1-31-14-18-12-27-22-6-5-20(16-3-4-21-17(11-16)13-28-30-21)29-24(22)25(18)33(26(31)35)19-7-9-32(10-8-19)23(34)15-36-2/h3-6,11-13,19H,7-10,14-15H2,1-2H3,(H,28,30). The van der Waals surface area contributed by atoms with Crippen molar-refractivity contribution in [2.24, 2.45) is 0 Å². The van der Waals surface area contributed by atoms with Crippen LogP contribution in [-0.4, -0.2) is 81.8 Å². The van der Waals surface area contributed by atoms with Crippen LogP contribution in [0, 0.1) is 0 Å². The molecule has 1 aromatic carbocycles. The minimum Gasteiger partial charge on any atom is -0.375 e. The first-order valence-corrected chi connectivity index (χ1v) is 12.1. The number of nitrogens with one attached hydrogen (secondary N) is 1. The Hall–Kier alpha value is -4.05. The van der Waals surface area contributed by atoms with Gasteiger partial charge in [0.05, 0.1) is 35.2 Å². The molecule has 0 unspecified atom stereocenters. The molecular weight excluding hydrogens is 458 g/mol. The van der Waals surface area contributed by atoms with Crippen LogP contribution >= 0.6 is 0 Å². The van der Waals surface area contributed by atoms with Crippen molar-refractivity contribution in [2.45, 2.75) is 25.4 Å². The van der Waals surface area contributed by atoms with Gasteiger partial charge in [0.25, 0.3) is 0 Å². The minimum atomic E-state index is -0.0521. The number of amides is 3. The van der Waals surface area contributed by atoms with E-state index >= 15 is 0 Å². The summed E-state index contributed by atoms with van der Waals surface area (Å²) in [6.45, 7) is 1.72. The van der Waals surface area contributed by atoms with Crippen molar-refractivity contribution in [1.29, 1.82) is 0 Å². The Morgan fingerprint density at radius 1 is 1.17 bits per heavy atom. The number of piperidine rings is 1. The van der Waals surface area contributed by atoms with Crippen molar-refractivity contribution in [2.75, 3.05) is 38.8 Å². The second-order valence-electron chi connectivity index (χ2n) is 9.42. The molecule has 2 aliphatic heterocycles. The maximum absolute atomic E-state index is 13.5. The Balaban J connectivity index is 1.41. The largest absolute Gasteiger partial charge is 0.375 e. The Morgan fingerprint density at radius 3 is 2.81 bits per heavy atom. The van der Waals surface area contributed by atoms with Gasteiger partial charge in [-0.05, 0) is 37.1 Å². The first-order valence-electron chi connectivity index (χ1n) is 12.1. The SMILES string of the molecule is COCC(=O)N1CCC(N2C(=O)N(C)Cc3cnc4ccc(-c5ccc6[nH]ncc6c5)nc4c32)CC1. The normalized spacial score (nSPS) is 16.7. The molecule has 1 fully saturated rings. The number of carbonyl (C=O) groups is 2. The van der Waals surface area contributed by atoms with Gasteiger partial charge in [-0.3, -0.25) is 19.8 Å². The predicted molar refractivity (Wildman–Crippen MR) is 135 cm³/mol. The fraction of sp³-hybridized carbons (Fsp3) is 0.346. The molecule has 6 rings (SSSR count). The molecule has 2 aliphatic rings. The number of benzene rings is 1. The number of likely N-dealkylation sites (tertiary alicyclic amines) is 1. The number of aromatic amines is 1. The fourth-order valence-corrected chi connectivity index (χ4v) is 5.27. The second kappa shape index (κ2) is 8.87. The number of nitrogens with zero attached hydrogens (tertiary/aromatic N) is 6. The highest BCUT2D eigenvalue weighted by Gasteiger charge is 2.37. The summed E-state index contributed by atoms with van der Waals surface area (Å²) in [6.07, 6.45) is 5.03. The molecule has 0 bridgehead atoms. The zero-order chi connectivity index (χ0) is 24.8. The molecule has 4 aromatic rings. The highest BCUT2D eigenvalue weighted by Crippen LogP contribution is 2.38. The smallest absolute Gasteiger partial charge is 0.324 e. The van der Waals surface area contributed by atoms with Crippen molar-refractivity contribution in [3.8, 4) is 11.3 Å². The van der Waals surface area contributed by atoms with E-state index in [2.05, 4.69) is 21.2 Å². The first kappa shape index (κ1) is 22.4. The maximum atomic E-state index is 13.5. The van der Waals surface area contributed by atoms with Gasteiger partial charge in [0, 0.05) is 56.0 Å². The molecule has 0 atom stereocenters. The van der Waals surface area contributed by atoms with Crippen molar-refractivity contribution in [3.05, 3.63) is 48.3 Å². The molecular formula is C26H27N7O3. The highest BCUT2D eigenvalue weighted by molar-refractivity contribution is 6.04. The number of H-pyrrole nitrogens is 1. The summed E-state index contributed by atoms with van der Waals surface area (Å²) in [5.41, 5.74) is 6.02. The van der Waals surface area contributed by atoms with Crippen LogP contribution in [0.1, 0.15) is 18.4 Å². The van der Waals surface area contributed by atoms with Crippen molar-refractivity contribution >= 4 is 39.6 Å². The highest BCUT2D eigenvalue weighted by atomic mass is 16.5. The quantitative estimate of drug-likeness (QED) is 0.476. The number of pyridine rings is 2. The molecule has 36 heavy (non-hydrogen) atoms.